The molecule has 0 amide bonds. The molecule has 6 heteroatoms. The summed E-state index contributed by atoms with van der Waals surface area (Å²) in [6, 6.07) is 0. The lowest BCUT2D eigenvalue weighted by Gasteiger charge is -2.18. The van der Waals surface area contributed by atoms with Crippen molar-refractivity contribution >= 4 is 17.9 Å². The van der Waals surface area contributed by atoms with E-state index in [-0.39, 0.29) is 37.5 Å². The maximum absolute atomic E-state index is 12.8. The molecule has 0 bridgehead atoms. The fraction of sp³-hybridized carbons (Fsp3) is 0.730. The van der Waals surface area contributed by atoms with Gasteiger partial charge in [0.1, 0.15) is 13.2 Å². The summed E-state index contributed by atoms with van der Waals surface area (Å²) in [5.74, 6) is -0.966. The normalized spacial score (nSPS) is 12.7. The van der Waals surface area contributed by atoms with E-state index in [4.69, 9.17) is 14.2 Å². The summed E-state index contributed by atoms with van der Waals surface area (Å²) >= 11 is 0. The predicted octanol–water partition coefficient (Wildman–Crippen LogP) is 19.5. The van der Waals surface area contributed by atoms with Crippen LogP contribution in [0.5, 0.6) is 0 Å². The minimum Gasteiger partial charge on any atom is -0.462 e. The number of carbonyl (C=O) groups excluding carboxylic acids is 3. The van der Waals surface area contributed by atoms with Gasteiger partial charge in [0.2, 0.25) is 0 Å². The largest absolute Gasteiger partial charge is 0.462 e. The Labute approximate surface area is 426 Å². The van der Waals surface area contributed by atoms with Crippen LogP contribution in [0.3, 0.4) is 0 Å². The summed E-state index contributed by atoms with van der Waals surface area (Å²) < 4.78 is 16.8. The molecule has 69 heavy (non-hydrogen) atoms. The first kappa shape index (κ1) is 65.6. The third kappa shape index (κ3) is 55.4. The molecule has 0 aromatic rings. The highest BCUT2D eigenvalue weighted by Crippen LogP contribution is 2.14. The van der Waals surface area contributed by atoms with Gasteiger partial charge in [0, 0.05) is 19.3 Å². The standard InChI is InChI=1S/C63H108O6/c1-4-7-10-13-16-19-22-25-28-30-31-33-35-38-41-44-47-50-53-56-62(65)68-59-60(58-67-61(64)55-52-49-46-43-40-37-34-27-24-21-18-15-12-9-6-3)69-63(66)57-54-51-48-45-42-39-36-32-29-26-23-20-17-14-11-8-5-2/h16-17,19-20,25-29,34,36,39,45,48,60H,4-15,18,21-24,30-33,35,37-38,40-44,46-47,49-59H2,1-3H3/b19-16-,20-17-,28-25-,29-26-,34-27-,39-36-,48-45-/t60-/m1/s1. The second kappa shape index (κ2) is 57.2. The summed E-state index contributed by atoms with van der Waals surface area (Å²) in [5, 5.41) is 0. The fourth-order valence-electron chi connectivity index (χ4n) is 7.93. The first-order valence-electron chi connectivity index (χ1n) is 29.1. The smallest absolute Gasteiger partial charge is 0.306 e. The number of allylic oxidation sites excluding steroid dienone is 14. The zero-order chi connectivity index (χ0) is 50.0. The number of hydrogen-bond donors (Lipinski definition) is 0. The Hall–Kier alpha value is -3.41. The van der Waals surface area contributed by atoms with Crippen LogP contribution in [-0.4, -0.2) is 37.2 Å². The SMILES string of the molecule is CCCCC/C=C\C/C=C\C/C=C\C/C=C\CCCC(=O)O[C@H](COC(=O)CCCCCCC/C=C\CCCCCCCC)COC(=O)CCCCCCCCCCC/C=C\C/C=C\CCCCC. The molecule has 1 atom stereocenters. The molecule has 0 aromatic heterocycles. The van der Waals surface area contributed by atoms with Crippen LogP contribution in [0.4, 0.5) is 0 Å². The van der Waals surface area contributed by atoms with E-state index < -0.39 is 6.10 Å². The Morgan fingerprint density at radius 2 is 0.536 bits per heavy atom. The topological polar surface area (TPSA) is 78.9 Å². The first-order valence-corrected chi connectivity index (χ1v) is 29.1. The van der Waals surface area contributed by atoms with Crippen molar-refractivity contribution in [3.05, 3.63) is 85.1 Å². The Balaban J connectivity index is 4.47. The van der Waals surface area contributed by atoms with Crippen molar-refractivity contribution in [2.45, 2.75) is 284 Å². The highest BCUT2D eigenvalue weighted by molar-refractivity contribution is 5.71. The third-order valence-electron chi connectivity index (χ3n) is 12.3. The fourth-order valence-corrected chi connectivity index (χ4v) is 7.93. The van der Waals surface area contributed by atoms with Crippen LogP contribution in [0.15, 0.2) is 85.1 Å². The molecule has 0 aliphatic rings. The molecule has 6 nitrogen and oxygen atoms in total. The van der Waals surface area contributed by atoms with Gasteiger partial charge in [-0.2, -0.15) is 0 Å². The zero-order valence-electron chi connectivity index (χ0n) is 45.3. The monoisotopic (exact) mass is 961 g/mol. The van der Waals surface area contributed by atoms with E-state index in [1.165, 1.54) is 154 Å². The molecule has 0 N–H and O–H groups in total. The van der Waals surface area contributed by atoms with Crippen molar-refractivity contribution in [2.75, 3.05) is 13.2 Å². The van der Waals surface area contributed by atoms with E-state index in [1.807, 2.05) is 0 Å². The quantitative estimate of drug-likeness (QED) is 0.0262. The molecule has 0 rings (SSSR count). The summed E-state index contributed by atoms with van der Waals surface area (Å²) in [4.78, 5) is 38.1. The molecule has 0 aromatic carbocycles. The first-order chi connectivity index (χ1) is 34.0. The van der Waals surface area contributed by atoms with Gasteiger partial charge in [-0.15, -0.1) is 0 Å². The van der Waals surface area contributed by atoms with Crippen LogP contribution >= 0.6 is 0 Å². The molecular formula is C63H108O6. The van der Waals surface area contributed by atoms with Gasteiger partial charge in [-0.3, -0.25) is 14.4 Å². The van der Waals surface area contributed by atoms with Gasteiger partial charge in [0.15, 0.2) is 6.10 Å². The van der Waals surface area contributed by atoms with Gasteiger partial charge in [-0.25, -0.2) is 0 Å². The lowest BCUT2D eigenvalue weighted by molar-refractivity contribution is -0.167. The van der Waals surface area contributed by atoms with E-state index in [0.29, 0.717) is 19.3 Å². The Bertz CT molecular complexity index is 1330. The van der Waals surface area contributed by atoms with Gasteiger partial charge in [-0.1, -0.05) is 228 Å². The molecule has 0 aliphatic carbocycles. The third-order valence-corrected chi connectivity index (χ3v) is 12.3. The van der Waals surface area contributed by atoms with E-state index in [9.17, 15) is 14.4 Å². The minimum atomic E-state index is -0.811. The summed E-state index contributed by atoms with van der Waals surface area (Å²) in [6.07, 6.45) is 74.3. The molecule has 0 saturated carbocycles. The molecule has 396 valence electrons. The van der Waals surface area contributed by atoms with E-state index >= 15 is 0 Å². The van der Waals surface area contributed by atoms with Crippen molar-refractivity contribution in [2.24, 2.45) is 0 Å². The summed E-state index contributed by atoms with van der Waals surface area (Å²) in [6.45, 7) is 6.54. The van der Waals surface area contributed by atoms with Crippen LogP contribution < -0.4 is 0 Å². The number of hydrogen-bond acceptors (Lipinski definition) is 6. The molecule has 0 radical (unpaired) electrons. The van der Waals surface area contributed by atoms with Gasteiger partial charge >= 0.3 is 17.9 Å². The predicted molar refractivity (Wildman–Crippen MR) is 297 cm³/mol. The van der Waals surface area contributed by atoms with Crippen molar-refractivity contribution in [1.82, 2.24) is 0 Å². The Kier molecular flexibility index (Phi) is 54.3. The molecule has 0 unspecified atom stereocenters. The van der Waals surface area contributed by atoms with Crippen LogP contribution in [0.1, 0.15) is 278 Å². The average molecular weight is 962 g/mol. The number of rotatable bonds is 52. The van der Waals surface area contributed by atoms with Crippen molar-refractivity contribution in [3.63, 3.8) is 0 Å². The minimum absolute atomic E-state index is 0.103. The Morgan fingerprint density at radius 1 is 0.290 bits per heavy atom. The van der Waals surface area contributed by atoms with Crippen molar-refractivity contribution in [3.8, 4) is 0 Å². The number of ether oxygens (including phenoxy) is 3. The lowest BCUT2D eigenvalue weighted by Crippen LogP contribution is -2.30. The molecule has 0 aliphatic heterocycles. The van der Waals surface area contributed by atoms with Gasteiger partial charge < -0.3 is 14.2 Å². The molecule has 0 fully saturated rings. The van der Waals surface area contributed by atoms with Gasteiger partial charge in [0.05, 0.1) is 0 Å². The van der Waals surface area contributed by atoms with Crippen molar-refractivity contribution < 1.29 is 28.6 Å². The number of carbonyl (C=O) groups is 3. The molecule has 0 spiro atoms. The Morgan fingerprint density at radius 3 is 0.899 bits per heavy atom. The lowest BCUT2D eigenvalue weighted by atomic mass is 10.1. The number of esters is 3. The van der Waals surface area contributed by atoms with Crippen LogP contribution in [-0.2, 0) is 28.6 Å². The van der Waals surface area contributed by atoms with Crippen LogP contribution in [0.25, 0.3) is 0 Å². The zero-order valence-corrected chi connectivity index (χ0v) is 45.3. The molecular weight excluding hydrogens is 853 g/mol. The van der Waals surface area contributed by atoms with E-state index in [0.717, 1.165) is 77.0 Å². The van der Waals surface area contributed by atoms with Gasteiger partial charge in [0.25, 0.3) is 0 Å². The summed E-state index contributed by atoms with van der Waals surface area (Å²) in [5.41, 5.74) is 0. The van der Waals surface area contributed by atoms with E-state index in [2.05, 4.69) is 106 Å². The highest BCUT2D eigenvalue weighted by atomic mass is 16.6. The maximum Gasteiger partial charge on any atom is 0.306 e. The molecule has 0 heterocycles. The van der Waals surface area contributed by atoms with Crippen molar-refractivity contribution in [1.29, 1.82) is 0 Å². The highest BCUT2D eigenvalue weighted by Gasteiger charge is 2.19. The second-order valence-corrected chi connectivity index (χ2v) is 19.2. The number of unbranched alkanes of at least 4 members (excludes halogenated alkanes) is 27. The average Bonchev–Trinajstić information content (AvgIpc) is 3.35. The summed E-state index contributed by atoms with van der Waals surface area (Å²) in [7, 11) is 0. The van der Waals surface area contributed by atoms with E-state index in [1.54, 1.807) is 0 Å². The maximum atomic E-state index is 12.8. The van der Waals surface area contributed by atoms with Gasteiger partial charge in [-0.05, 0) is 116 Å². The van der Waals surface area contributed by atoms with Crippen LogP contribution in [0.2, 0.25) is 0 Å². The second-order valence-electron chi connectivity index (χ2n) is 19.2. The van der Waals surface area contributed by atoms with Crippen LogP contribution in [0, 0.1) is 0 Å². The molecule has 0 saturated heterocycles.